The number of aromatic nitrogens is 2. The van der Waals surface area contributed by atoms with Crippen LogP contribution in [0.1, 0.15) is 57.6 Å². The van der Waals surface area contributed by atoms with Crippen LogP contribution in [0.15, 0.2) is 6.20 Å². The van der Waals surface area contributed by atoms with Crippen molar-refractivity contribution in [3.05, 3.63) is 17.7 Å². The van der Waals surface area contributed by atoms with E-state index in [1.165, 1.54) is 0 Å². The molecule has 1 fully saturated rings. The van der Waals surface area contributed by atoms with E-state index in [9.17, 15) is 14.7 Å². The average molecular weight is 335 g/mol. The molecule has 3 rings (SSSR count). The highest BCUT2D eigenvalue weighted by atomic mass is 16.6. The van der Waals surface area contributed by atoms with Crippen LogP contribution >= 0.6 is 0 Å². The highest BCUT2D eigenvalue weighted by molar-refractivity contribution is 5.70. The van der Waals surface area contributed by atoms with Gasteiger partial charge in [-0.3, -0.25) is 9.69 Å². The quantitative estimate of drug-likeness (QED) is 0.898. The number of likely N-dealkylation sites (tertiary alicyclic amines) is 1. The maximum Gasteiger partial charge on any atom is 0.410 e. The number of amides is 1. The lowest BCUT2D eigenvalue weighted by Crippen LogP contribution is -2.37. The van der Waals surface area contributed by atoms with Crippen LogP contribution in [0.4, 0.5) is 4.79 Å². The van der Waals surface area contributed by atoms with Crippen molar-refractivity contribution in [3.63, 3.8) is 0 Å². The Morgan fingerprint density at radius 1 is 1.29 bits per heavy atom. The Labute approximate surface area is 141 Å². The first-order chi connectivity index (χ1) is 11.3. The Balaban J connectivity index is 1.80. The third-order valence-electron chi connectivity index (χ3n) is 4.65. The third kappa shape index (κ3) is 3.25. The number of carboxylic acid groups (broad SMARTS) is 1. The van der Waals surface area contributed by atoms with E-state index >= 15 is 0 Å². The second kappa shape index (κ2) is 6.11. The van der Waals surface area contributed by atoms with Gasteiger partial charge in [-0.25, -0.2) is 9.78 Å². The monoisotopic (exact) mass is 335 g/mol. The average Bonchev–Trinajstić information content (AvgIpc) is 3.10. The van der Waals surface area contributed by atoms with Crippen molar-refractivity contribution < 1.29 is 19.4 Å². The number of carboxylic acids is 1. The molecule has 3 heterocycles. The van der Waals surface area contributed by atoms with Gasteiger partial charge in [0.1, 0.15) is 11.4 Å². The van der Waals surface area contributed by atoms with Crippen LogP contribution in [0, 0.1) is 5.92 Å². The van der Waals surface area contributed by atoms with Crippen molar-refractivity contribution >= 4 is 12.1 Å². The second-order valence-corrected chi connectivity index (χ2v) is 7.62. The van der Waals surface area contributed by atoms with E-state index in [1.807, 2.05) is 20.8 Å². The van der Waals surface area contributed by atoms with Crippen molar-refractivity contribution in [2.24, 2.45) is 5.92 Å². The van der Waals surface area contributed by atoms with Crippen LogP contribution < -0.4 is 0 Å². The Kier molecular flexibility index (Phi) is 4.27. The molecule has 0 radical (unpaired) electrons. The van der Waals surface area contributed by atoms with Crippen LogP contribution in [0.3, 0.4) is 0 Å². The molecule has 2 aliphatic heterocycles. The molecule has 0 aliphatic carbocycles. The van der Waals surface area contributed by atoms with Crippen molar-refractivity contribution in [1.29, 1.82) is 0 Å². The number of carbonyl (C=O) groups excluding carboxylic acids is 1. The fraction of sp³-hybridized carbons (Fsp3) is 0.706. The molecule has 2 atom stereocenters. The molecule has 24 heavy (non-hydrogen) atoms. The number of nitrogens with zero attached hydrogens (tertiary/aromatic N) is 3. The lowest BCUT2D eigenvalue weighted by atomic mass is 9.96. The molecule has 7 heteroatoms. The van der Waals surface area contributed by atoms with E-state index in [2.05, 4.69) is 9.55 Å². The lowest BCUT2D eigenvalue weighted by Gasteiger charge is -2.30. The van der Waals surface area contributed by atoms with Crippen LogP contribution in [0.2, 0.25) is 0 Å². The van der Waals surface area contributed by atoms with Gasteiger partial charge in [0, 0.05) is 31.4 Å². The molecule has 1 amide bonds. The molecular formula is C17H25N3O4. The number of carbonyl (C=O) groups is 2. The van der Waals surface area contributed by atoms with E-state index in [4.69, 9.17) is 4.74 Å². The predicted molar refractivity (Wildman–Crippen MR) is 86.6 cm³/mol. The highest BCUT2D eigenvalue weighted by Crippen LogP contribution is 2.34. The minimum atomic E-state index is -0.750. The van der Waals surface area contributed by atoms with Gasteiger partial charge in [-0.1, -0.05) is 0 Å². The summed E-state index contributed by atoms with van der Waals surface area (Å²) in [6.45, 7) is 6.89. The van der Waals surface area contributed by atoms with Crippen LogP contribution in [0.5, 0.6) is 0 Å². The van der Waals surface area contributed by atoms with E-state index in [1.54, 1.807) is 11.1 Å². The Morgan fingerprint density at radius 2 is 2.04 bits per heavy atom. The predicted octanol–water partition coefficient (Wildman–Crippen LogP) is 2.60. The van der Waals surface area contributed by atoms with Gasteiger partial charge in [0.2, 0.25) is 0 Å². The summed E-state index contributed by atoms with van der Waals surface area (Å²) in [6, 6.07) is -0.0880. The van der Waals surface area contributed by atoms with E-state index < -0.39 is 11.6 Å². The number of fused-ring (bicyclic) bond motifs is 1. The summed E-state index contributed by atoms with van der Waals surface area (Å²) < 4.78 is 7.60. The van der Waals surface area contributed by atoms with Gasteiger partial charge in [-0.2, -0.15) is 0 Å². The third-order valence-corrected chi connectivity index (χ3v) is 4.65. The molecule has 2 unspecified atom stereocenters. The van der Waals surface area contributed by atoms with Gasteiger partial charge < -0.3 is 14.4 Å². The summed E-state index contributed by atoms with van der Waals surface area (Å²) >= 11 is 0. The number of aliphatic carboxylic acids is 1. The molecule has 0 saturated carbocycles. The molecule has 0 spiro atoms. The molecule has 1 saturated heterocycles. The van der Waals surface area contributed by atoms with Gasteiger partial charge in [0.05, 0.1) is 12.0 Å². The number of hydrogen-bond donors (Lipinski definition) is 1. The summed E-state index contributed by atoms with van der Waals surface area (Å²) in [5, 5.41) is 9.21. The fourth-order valence-corrected chi connectivity index (χ4v) is 3.54. The number of hydrogen-bond acceptors (Lipinski definition) is 4. The topological polar surface area (TPSA) is 84.7 Å². The molecule has 0 bridgehead atoms. The highest BCUT2D eigenvalue weighted by Gasteiger charge is 2.37. The minimum absolute atomic E-state index is 0.0880. The Hall–Kier alpha value is -2.05. The largest absolute Gasteiger partial charge is 0.481 e. The molecule has 1 N–H and O–H groups in total. The second-order valence-electron chi connectivity index (χ2n) is 7.62. The maximum absolute atomic E-state index is 12.5. The number of rotatable bonds is 2. The molecule has 1 aromatic heterocycles. The van der Waals surface area contributed by atoms with Gasteiger partial charge in [-0.15, -0.1) is 0 Å². The smallest absolute Gasteiger partial charge is 0.410 e. The first-order valence-corrected chi connectivity index (χ1v) is 8.53. The zero-order valence-electron chi connectivity index (χ0n) is 14.5. The van der Waals surface area contributed by atoms with E-state index in [0.29, 0.717) is 25.9 Å². The van der Waals surface area contributed by atoms with Gasteiger partial charge >= 0.3 is 12.1 Å². The van der Waals surface area contributed by atoms with Crippen LogP contribution in [0.25, 0.3) is 0 Å². The summed E-state index contributed by atoms with van der Waals surface area (Å²) in [7, 11) is 0. The summed E-state index contributed by atoms with van der Waals surface area (Å²) in [6.07, 6.45) is 4.34. The van der Waals surface area contributed by atoms with Crippen molar-refractivity contribution in [3.8, 4) is 0 Å². The van der Waals surface area contributed by atoms with Gasteiger partial charge in [0.15, 0.2) is 0 Å². The molecule has 0 aromatic carbocycles. The number of imidazole rings is 1. The zero-order valence-corrected chi connectivity index (χ0v) is 14.5. The molecule has 132 valence electrons. The number of ether oxygens (including phenoxy) is 1. The summed E-state index contributed by atoms with van der Waals surface area (Å²) in [5.74, 6) is -0.231. The van der Waals surface area contributed by atoms with Crippen molar-refractivity contribution in [2.45, 2.75) is 64.6 Å². The van der Waals surface area contributed by atoms with Crippen LogP contribution in [-0.2, 0) is 22.5 Å². The van der Waals surface area contributed by atoms with Crippen molar-refractivity contribution in [1.82, 2.24) is 14.5 Å². The Morgan fingerprint density at radius 3 is 2.71 bits per heavy atom. The lowest BCUT2D eigenvalue weighted by molar-refractivity contribution is -0.142. The van der Waals surface area contributed by atoms with E-state index in [-0.39, 0.29) is 18.1 Å². The Bertz CT molecular complexity index is 647. The SMILES string of the molecule is CC(C)(C)OC(=O)N1CCCC1c1ncc2n1CCC(C(=O)O)C2. The van der Waals surface area contributed by atoms with Gasteiger partial charge in [0.25, 0.3) is 0 Å². The fourth-order valence-electron chi connectivity index (χ4n) is 3.54. The first-order valence-electron chi connectivity index (χ1n) is 8.53. The zero-order chi connectivity index (χ0) is 17.5. The van der Waals surface area contributed by atoms with E-state index in [0.717, 1.165) is 24.4 Å². The molecule has 7 nitrogen and oxygen atoms in total. The van der Waals surface area contributed by atoms with Crippen LogP contribution in [-0.4, -0.2) is 43.8 Å². The van der Waals surface area contributed by atoms with Gasteiger partial charge in [-0.05, 0) is 40.0 Å². The standard InChI is InChI=1S/C17H25N3O4/c1-17(2,3)24-16(23)20-7-4-5-13(20)14-18-10-12-9-11(15(21)22)6-8-19(12)14/h10-11,13H,4-9H2,1-3H3,(H,21,22). The molecular weight excluding hydrogens is 310 g/mol. The minimum Gasteiger partial charge on any atom is -0.481 e. The van der Waals surface area contributed by atoms with Crippen molar-refractivity contribution in [2.75, 3.05) is 6.54 Å². The first kappa shape index (κ1) is 16.8. The molecule has 1 aromatic rings. The summed E-state index contributed by atoms with van der Waals surface area (Å²) in [5.41, 5.74) is 0.421. The normalized spacial score (nSPS) is 23.9. The maximum atomic E-state index is 12.5. The summed E-state index contributed by atoms with van der Waals surface area (Å²) in [4.78, 5) is 29.9. The molecule has 2 aliphatic rings.